The van der Waals surface area contributed by atoms with E-state index in [1.54, 1.807) is 4.90 Å². The van der Waals surface area contributed by atoms with Crippen LogP contribution in [-0.2, 0) is 20.7 Å². The lowest BCUT2D eigenvalue weighted by Gasteiger charge is -2.39. The fourth-order valence-electron chi connectivity index (χ4n) is 8.77. The van der Waals surface area contributed by atoms with Gasteiger partial charge in [-0.2, -0.15) is 5.10 Å². The molecule has 45 heavy (non-hydrogen) atoms. The molecule has 1 aromatic carbocycles. The Morgan fingerprint density at radius 2 is 1.82 bits per heavy atom. The summed E-state index contributed by atoms with van der Waals surface area (Å²) in [6, 6.07) is 5.62. The molecular weight excluding hydrogens is 568 g/mol. The van der Waals surface area contributed by atoms with E-state index in [1.165, 1.54) is 0 Å². The van der Waals surface area contributed by atoms with Gasteiger partial charge in [-0.1, -0.05) is 30.2 Å². The summed E-state index contributed by atoms with van der Waals surface area (Å²) < 4.78 is 7.68. The van der Waals surface area contributed by atoms with Gasteiger partial charge in [-0.15, -0.1) is 0 Å². The zero-order valence-electron chi connectivity index (χ0n) is 27.2. The Labute approximate surface area is 266 Å². The van der Waals surface area contributed by atoms with Crippen molar-refractivity contribution in [3.63, 3.8) is 0 Å². The Kier molecular flexibility index (Phi) is 8.23. The van der Waals surface area contributed by atoms with Gasteiger partial charge >= 0.3 is 0 Å². The first-order chi connectivity index (χ1) is 21.8. The predicted molar refractivity (Wildman–Crippen MR) is 171 cm³/mol. The molecule has 0 radical (unpaired) electrons. The van der Waals surface area contributed by atoms with Crippen LogP contribution < -0.4 is 15.5 Å². The zero-order chi connectivity index (χ0) is 31.4. The van der Waals surface area contributed by atoms with Gasteiger partial charge in [0.05, 0.1) is 18.6 Å². The molecule has 2 saturated carbocycles. The summed E-state index contributed by atoms with van der Waals surface area (Å²) in [5.74, 6) is 0.882. The van der Waals surface area contributed by atoms with Crippen molar-refractivity contribution >= 4 is 23.5 Å². The highest BCUT2D eigenvalue weighted by Crippen LogP contribution is 2.52. The Balaban J connectivity index is 1.30. The van der Waals surface area contributed by atoms with Gasteiger partial charge in [-0.3, -0.25) is 19.3 Å². The minimum absolute atomic E-state index is 0.0307. The minimum Gasteiger partial charge on any atom is -0.381 e. The number of anilines is 1. The van der Waals surface area contributed by atoms with Gasteiger partial charge in [-0.05, 0) is 95.7 Å². The van der Waals surface area contributed by atoms with Gasteiger partial charge in [0.1, 0.15) is 11.9 Å². The van der Waals surface area contributed by atoms with Crippen LogP contribution in [0, 0.1) is 25.7 Å². The molecule has 3 aliphatic heterocycles. The molecule has 10 nitrogen and oxygen atoms in total. The molecule has 7 rings (SSSR count). The molecule has 3 amide bonds. The number of rotatable bonds is 8. The number of ether oxygens (including phenoxy) is 1. The van der Waals surface area contributed by atoms with Crippen LogP contribution in [0.1, 0.15) is 103 Å². The van der Waals surface area contributed by atoms with Crippen molar-refractivity contribution in [2.24, 2.45) is 11.8 Å². The summed E-state index contributed by atoms with van der Waals surface area (Å²) in [5, 5.41) is 11.8. The number of nitrogens with one attached hydrogen (secondary N) is 2. The molecule has 0 spiro atoms. The van der Waals surface area contributed by atoms with Gasteiger partial charge in [-0.25, -0.2) is 4.68 Å². The summed E-state index contributed by atoms with van der Waals surface area (Å²) in [6.45, 7) is 7.72. The lowest BCUT2D eigenvalue weighted by atomic mass is 9.82. The van der Waals surface area contributed by atoms with E-state index in [-0.39, 0.29) is 54.2 Å². The molecule has 4 fully saturated rings. The quantitative estimate of drug-likeness (QED) is 0.464. The first-order valence-corrected chi connectivity index (χ1v) is 17.2. The molecule has 4 heterocycles. The van der Waals surface area contributed by atoms with Crippen molar-refractivity contribution in [3.05, 3.63) is 46.1 Å². The van der Waals surface area contributed by atoms with Gasteiger partial charge in [0.15, 0.2) is 5.69 Å². The molecule has 2 N–H and O–H groups in total. The van der Waals surface area contributed by atoms with Gasteiger partial charge in [0, 0.05) is 37.3 Å². The van der Waals surface area contributed by atoms with Crippen LogP contribution in [0.5, 0.6) is 0 Å². The molecule has 2 saturated heterocycles. The summed E-state index contributed by atoms with van der Waals surface area (Å²) >= 11 is 0. The maximum absolute atomic E-state index is 14.8. The Hall–Kier alpha value is -3.24. The predicted octanol–water partition coefficient (Wildman–Crippen LogP) is 4.00. The molecule has 5 aliphatic rings. The molecule has 1 aromatic heterocycles. The first-order valence-electron chi connectivity index (χ1n) is 17.2. The third kappa shape index (κ3) is 5.37. The third-order valence-electron chi connectivity index (χ3n) is 11.2. The van der Waals surface area contributed by atoms with Crippen LogP contribution in [0.3, 0.4) is 0 Å². The normalized spacial score (nSPS) is 28.4. The van der Waals surface area contributed by atoms with E-state index in [1.807, 2.05) is 44.6 Å². The summed E-state index contributed by atoms with van der Waals surface area (Å²) in [4.78, 5) is 46.7. The average molecular weight is 617 g/mol. The highest BCUT2D eigenvalue weighted by molar-refractivity contribution is 6.05. The largest absolute Gasteiger partial charge is 0.381 e. The number of nitrogens with zero attached hydrogens (tertiary/aromatic N) is 4. The molecule has 242 valence electrons. The minimum atomic E-state index is -0.736. The second kappa shape index (κ2) is 12.2. The fourth-order valence-corrected chi connectivity index (χ4v) is 8.77. The van der Waals surface area contributed by atoms with E-state index in [2.05, 4.69) is 21.6 Å². The summed E-state index contributed by atoms with van der Waals surface area (Å²) in [5.41, 5.74) is 4.51. The highest BCUT2D eigenvalue weighted by atomic mass is 16.5. The van der Waals surface area contributed by atoms with Crippen LogP contribution in [-0.4, -0.2) is 77.5 Å². The Morgan fingerprint density at radius 1 is 1.04 bits per heavy atom. The highest BCUT2D eigenvalue weighted by Gasteiger charge is 2.54. The number of aromatic nitrogens is 2. The van der Waals surface area contributed by atoms with E-state index < -0.39 is 6.04 Å². The number of hydrogen-bond acceptors (Lipinski definition) is 6. The van der Waals surface area contributed by atoms with E-state index in [0.29, 0.717) is 31.4 Å². The van der Waals surface area contributed by atoms with Crippen LogP contribution in [0.25, 0.3) is 0 Å². The van der Waals surface area contributed by atoms with E-state index in [4.69, 9.17) is 9.84 Å². The van der Waals surface area contributed by atoms with E-state index in [0.717, 1.165) is 79.4 Å². The lowest BCUT2D eigenvalue weighted by molar-refractivity contribution is -0.128. The summed E-state index contributed by atoms with van der Waals surface area (Å²) in [7, 11) is 1.94. The van der Waals surface area contributed by atoms with Crippen LogP contribution >= 0.6 is 0 Å². The first kappa shape index (κ1) is 30.4. The third-order valence-corrected chi connectivity index (χ3v) is 11.2. The number of aryl methyl sites for hydroxylation is 2. The van der Waals surface area contributed by atoms with Crippen LogP contribution in [0.2, 0.25) is 0 Å². The van der Waals surface area contributed by atoms with E-state index in [9.17, 15) is 14.4 Å². The monoisotopic (exact) mass is 616 g/mol. The molecule has 0 bridgehead atoms. The zero-order valence-corrected chi connectivity index (χ0v) is 27.2. The topological polar surface area (TPSA) is 109 Å². The second-order valence-corrected chi connectivity index (χ2v) is 14.0. The molecule has 2 aromatic rings. The van der Waals surface area contributed by atoms with Crippen molar-refractivity contribution in [1.29, 1.82) is 0 Å². The molecule has 0 unspecified atom stereocenters. The average Bonchev–Trinajstić information content (AvgIpc) is 3.48. The molecular formula is C35H48N6O4. The van der Waals surface area contributed by atoms with Crippen LogP contribution in [0.4, 0.5) is 5.82 Å². The number of hydrogen-bond donors (Lipinski definition) is 2. The number of benzene rings is 1. The molecule has 2 aliphatic carbocycles. The van der Waals surface area contributed by atoms with E-state index >= 15 is 0 Å². The maximum Gasteiger partial charge on any atom is 0.276 e. The van der Waals surface area contributed by atoms with Gasteiger partial charge in [0.25, 0.3) is 11.8 Å². The number of likely N-dealkylation sites (tertiary alicyclic amines) is 1. The summed E-state index contributed by atoms with van der Waals surface area (Å²) in [6.07, 6.45) is 7.94. The number of carbonyl (C=O) groups excluding carboxylic acids is 3. The lowest BCUT2D eigenvalue weighted by Crippen LogP contribution is -2.56. The van der Waals surface area contributed by atoms with Crippen LogP contribution in [0.15, 0.2) is 18.2 Å². The van der Waals surface area contributed by atoms with Crippen molar-refractivity contribution in [1.82, 2.24) is 25.3 Å². The van der Waals surface area contributed by atoms with Crippen molar-refractivity contribution in [3.8, 4) is 0 Å². The smallest absolute Gasteiger partial charge is 0.276 e. The van der Waals surface area contributed by atoms with Crippen molar-refractivity contribution in [2.45, 2.75) is 109 Å². The fraction of sp³-hybridized carbons (Fsp3) is 0.657. The Morgan fingerprint density at radius 3 is 2.51 bits per heavy atom. The Bertz CT molecular complexity index is 1480. The van der Waals surface area contributed by atoms with Crippen molar-refractivity contribution < 1.29 is 19.1 Å². The molecule has 10 heteroatoms. The molecule has 5 atom stereocenters. The number of amides is 3. The van der Waals surface area contributed by atoms with Gasteiger partial charge < -0.3 is 20.3 Å². The number of carbonyl (C=O) groups is 3. The van der Waals surface area contributed by atoms with Gasteiger partial charge in [0.2, 0.25) is 5.91 Å². The number of fused-ring (bicyclic) bond motifs is 2. The number of likely N-dealkylation sites (N-methyl/N-ethyl adjacent to an activating group) is 1. The van der Waals surface area contributed by atoms with Crippen molar-refractivity contribution in [2.75, 3.05) is 31.7 Å². The standard InChI is InChI=1S/C35H48N6O4/c1-5-39-33-30(29(22-11-12-22)31(34(39)43)37-28(42)19-23-10-9-20(2)17-21(23)3)32(38-41(33)25-13-15-45-16-14-25)35(44)40-26-8-6-7-24(26)18-27(40)36-4/h9-10,17,22,24-27,29,31,36H,5-8,11-16,18-19H2,1-4H3,(H,37,42)/t24-,26+,27-,29-,31-/m0/s1. The SMILES string of the molecule is CCN1C(=O)[C@@H](NC(=O)Cc2ccc(C)cc2C)[C@@H](C2CC2)c2c(C(=O)N3[C@@H]4CCC[C@H]4C[C@H]3NC)nn(C3CCOCC3)c21. The maximum atomic E-state index is 14.8. The second-order valence-electron chi connectivity index (χ2n) is 14.0.